The molecule has 0 fully saturated rings. The van der Waals surface area contributed by atoms with Crippen molar-refractivity contribution in [3.05, 3.63) is 52.8 Å². The van der Waals surface area contributed by atoms with Crippen molar-refractivity contribution in [3.8, 4) is 0 Å². The lowest BCUT2D eigenvalue weighted by Gasteiger charge is -2.08. The molecule has 4 N–H and O–H groups in total. The SMILES string of the molecule is CSCc1ccc(NC(=O)c2c(C)c[nH]c2CC(N)=O)cc1. The minimum absolute atomic E-state index is 0.0171. The molecule has 0 radical (unpaired) electrons. The quantitative estimate of drug-likeness (QED) is 0.764. The van der Waals surface area contributed by atoms with Gasteiger partial charge in [-0.25, -0.2) is 0 Å². The molecule has 2 aromatic rings. The number of rotatable bonds is 6. The van der Waals surface area contributed by atoms with Crippen LogP contribution in [-0.4, -0.2) is 23.1 Å². The highest BCUT2D eigenvalue weighted by molar-refractivity contribution is 7.97. The van der Waals surface area contributed by atoms with Gasteiger partial charge in [0.05, 0.1) is 12.0 Å². The van der Waals surface area contributed by atoms with Gasteiger partial charge in [0.15, 0.2) is 0 Å². The van der Waals surface area contributed by atoms with Crippen LogP contribution in [-0.2, 0) is 17.0 Å². The van der Waals surface area contributed by atoms with E-state index in [-0.39, 0.29) is 12.3 Å². The van der Waals surface area contributed by atoms with Crippen LogP contribution in [0.2, 0.25) is 0 Å². The van der Waals surface area contributed by atoms with Crippen molar-refractivity contribution in [1.82, 2.24) is 4.98 Å². The van der Waals surface area contributed by atoms with Crippen molar-refractivity contribution in [2.45, 2.75) is 19.1 Å². The standard InChI is InChI=1S/C16H19N3O2S/c1-10-8-18-13(7-14(17)20)15(10)16(21)19-12-5-3-11(4-6-12)9-22-2/h3-6,8,18H,7,9H2,1-2H3,(H2,17,20)(H,19,21). The number of anilines is 1. The average molecular weight is 317 g/mol. The first-order valence-corrected chi connectivity index (χ1v) is 8.25. The van der Waals surface area contributed by atoms with E-state index in [0.29, 0.717) is 11.3 Å². The largest absolute Gasteiger partial charge is 0.369 e. The molecule has 0 unspecified atom stereocenters. The summed E-state index contributed by atoms with van der Waals surface area (Å²) in [4.78, 5) is 26.4. The number of nitrogens with two attached hydrogens (primary N) is 1. The Morgan fingerprint density at radius 3 is 2.55 bits per heavy atom. The maximum atomic E-state index is 12.4. The van der Waals surface area contributed by atoms with Crippen molar-refractivity contribution >= 4 is 29.3 Å². The maximum Gasteiger partial charge on any atom is 0.257 e. The van der Waals surface area contributed by atoms with Gasteiger partial charge in [0, 0.05) is 23.3 Å². The van der Waals surface area contributed by atoms with Crippen LogP contribution in [0.3, 0.4) is 0 Å². The molecule has 1 heterocycles. The summed E-state index contributed by atoms with van der Waals surface area (Å²) in [5, 5.41) is 2.85. The fourth-order valence-electron chi connectivity index (χ4n) is 2.25. The van der Waals surface area contributed by atoms with E-state index >= 15 is 0 Å². The number of carbonyl (C=O) groups is 2. The number of amides is 2. The molecule has 2 amide bonds. The maximum absolute atomic E-state index is 12.4. The van der Waals surface area contributed by atoms with Gasteiger partial charge in [0.1, 0.15) is 0 Å². The Labute approximate surface area is 133 Å². The van der Waals surface area contributed by atoms with E-state index in [0.717, 1.165) is 17.0 Å². The molecule has 1 aromatic carbocycles. The van der Waals surface area contributed by atoms with Crippen LogP contribution in [0.25, 0.3) is 0 Å². The zero-order valence-electron chi connectivity index (χ0n) is 12.6. The van der Waals surface area contributed by atoms with Gasteiger partial charge >= 0.3 is 0 Å². The Morgan fingerprint density at radius 1 is 1.27 bits per heavy atom. The number of aromatic amines is 1. The molecule has 116 valence electrons. The number of hydrogen-bond acceptors (Lipinski definition) is 3. The molecule has 5 nitrogen and oxygen atoms in total. The van der Waals surface area contributed by atoms with Crippen LogP contribution >= 0.6 is 11.8 Å². The first-order chi connectivity index (χ1) is 10.5. The van der Waals surface area contributed by atoms with Crippen molar-refractivity contribution in [1.29, 1.82) is 0 Å². The van der Waals surface area contributed by atoms with Gasteiger partial charge in [-0.3, -0.25) is 9.59 Å². The van der Waals surface area contributed by atoms with E-state index in [2.05, 4.69) is 10.3 Å². The summed E-state index contributed by atoms with van der Waals surface area (Å²) < 4.78 is 0. The van der Waals surface area contributed by atoms with E-state index in [1.807, 2.05) is 37.4 Å². The third-order valence-electron chi connectivity index (χ3n) is 3.26. The number of aryl methyl sites for hydroxylation is 1. The summed E-state index contributed by atoms with van der Waals surface area (Å²) in [6.07, 6.45) is 3.77. The van der Waals surface area contributed by atoms with Gasteiger partial charge in [0.2, 0.25) is 5.91 Å². The van der Waals surface area contributed by atoms with Crippen LogP contribution < -0.4 is 11.1 Å². The van der Waals surface area contributed by atoms with Crippen LogP contribution in [0.15, 0.2) is 30.5 Å². The summed E-state index contributed by atoms with van der Waals surface area (Å²) in [6.45, 7) is 1.82. The van der Waals surface area contributed by atoms with Crippen LogP contribution in [0.4, 0.5) is 5.69 Å². The van der Waals surface area contributed by atoms with Gasteiger partial charge < -0.3 is 16.0 Å². The predicted octanol–water partition coefficient (Wildman–Crippen LogP) is 2.47. The lowest BCUT2D eigenvalue weighted by molar-refractivity contribution is -0.117. The molecular formula is C16H19N3O2S. The molecule has 22 heavy (non-hydrogen) atoms. The highest BCUT2D eigenvalue weighted by Crippen LogP contribution is 2.18. The smallest absolute Gasteiger partial charge is 0.257 e. The Hall–Kier alpha value is -2.21. The van der Waals surface area contributed by atoms with Crippen LogP contribution in [0, 0.1) is 6.92 Å². The summed E-state index contributed by atoms with van der Waals surface area (Å²) in [7, 11) is 0. The topological polar surface area (TPSA) is 88.0 Å². The molecule has 2 rings (SSSR count). The fraction of sp³-hybridized carbons (Fsp3) is 0.250. The lowest BCUT2D eigenvalue weighted by Crippen LogP contribution is -2.19. The van der Waals surface area contributed by atoms with E-state index in [1.165, 1.54) is 5.56 Å². The normalized spacial score (nSPS) is 10.5. The lowest BCUT2D eigenvalue weighted by atomic mass is 10.1. The van der Waals surface area contributed by atoms with E-state index in [4.69, 9.17) is 5.73 Å². The monoisotopic (exact) mass is 317 g/mol. The molecule has 0 bridgehead atoms. The molecular weight excluding hydrogens is 298 g/mol. The number of carbonyl (C=O) groups excluding carboxylic acids is 2. The Morgan fingerprint density at radius 2 is 1.95 bits per heavy atom. The second-order valence-corrected chi connectivity index (χ2v) is 5.92. The molecule has 0 aliphatic heterocycles. The van der Waals surface area contributed by atoms with E-state index in [9.17, 15) is 9.59 Å². The number of primary amides is 1. The van der Waals surface area contributed by atoms with Crippen molar-refractivity contribution in [2.75, 3.05) is 11.6 Å². The average Bonchev–Trinajstić information content (AvgIpc) is 2.81. The predicted molar refractivity (Wildman–Crippen MR) is 90.0 cm³/mol. The number of thioether (sulfide) groups is 1. The van der Waals surface area contributed by atoms with Crippen LogP contribution in [0.1, 0.15) is 27.2 Å². The number of aromatic nitrogens is 1. The molecule has 6 heteroatoms. The molecule has 1 aromatic heterocycles. The van der Waals surface area contributed by atoms with Gasteiger partial charge in [-0.05, 0) is 36.4 Å². The fourth-order valence-corrected chi connectivity index (χ4v) is 2.78. The second-order valence-electron chi connectivity index (χ2n) is 5.05. The van der Waals surface area contributed by atoms with Gasteiger partial charge in [-0.15, -0.1) is 0 Å². The van der Waals surface area contributed by atoms with Crippen LogP contribution in [0.5, 0.6) is 0 Å². The first kappa shape index (κ1) is 16.2. The highest BCUT2D eigenvalue weighted by atomic mass is 32.2. The van der Waals surface area contributed by atoms with Crippen molar-refractivity contribution in [2.24, 2.45) is 5.73 Å². The molecule has 0 saturated carbocycles. The second kappa shape index (κ2) is 7.17. The zero-order valence-corrected chi connectivity index (χ0v) is 13.4. The number of nitrogens with one attached hydrogen (secondary N) is 2. The molecule has 0 aliphatic rings. The van der Waals surface area contributed by atoms with E-state index < -0.39 is 5.91 Å². The summed E-state index contributed by atoms with van der Waals surface area (Å²) >= 11 is 1.75. The molecule has 0 aliphatic carbocycles. The Bertz CT molecular complexity index is 677. The summed E-state index contributed by atoms with van der Waals surface area (Å²) in [6, 6.07) is 7.72. The third kappa shape index (κ3) is 3.92. The molecule has 0 saturated heterocycles. The Kier molecular flexibility index (Phi) is 5.27. The third-order valence-corrected chi connectivity index (χ3v) is 3.88. The van der Waals surface area contributed by atoms with Gasteiger partial charge in [-0.2, -0.15) is 11.8 Å². The zero-order chi connectivity index (χ0) is 16.1. The van der Waals surface area contributed by atoms with Gasteiger partial charge in [-0.1, -0.05) is 12.1 Å². The summed E-state index contributed by atoms with van der Waals surface area (Å²) in [5.41, 5.74) is 8.94. The highest BCUT2D eigenvalue weighted by Gasteiger charge is 2.17. The molecule has 0 spiro atoms. The van der Waals surface area contributed by atoms with E-state index in [1.54, 1.807) is 18.0 Å². The van der Waals surface area contributed by atoms with Crippen molar-refractivity contribution < 1.29 is 9.59 Å². The number of benzene rings is 1. The number of hydrogen-bond donors (Lipinski definition) is 3. The minimum Gasteiger partial charge on any atom is -0.369 e. The van der Waals surface area contributed by atoms with Crippen molar-refractivity contribution in [3.63, 3.8) is 0 Å². The van der Waals surface area contributed by atoms with Gasteiger partial charge in [0.25, 0.3) is 5.91 Å². The number of H-pyrrole nitrogens is 1. The minimum atomic E-state index is -0.475. The first-order valence-electron chi connectivity index (χ1n) is 6.85. The molecule has 0 atom stereocenters. The Balaban J connectivity index is 2.15. The summed E-state index contributed by atoms with van der Waals surface area (Å²) in [5.74, 6) is 0.221.